The van der Waals surface area contributed by atoms with Crippen molar-refractivity contribution in [2.75, 3.05) is 52.9 Å². The Morgan fingerprint density at radius 2 is 1.05 bits per heavy atom. The Morgan fingerprint density at radius 1 is 0.585 bits per heavy atom. The molecule has 0 bridgehead atoms. The van der Waals surface area contributed by atoms with E-state index in [2.05, 4.69) is 41.2 Å². The monoisotopic (exact) mass is 909 g/mol. The van der Waals surface area contributed by atoms with Crippen LogP contribution in [0.2, 0.25) is 0 Å². The fourth-order valence-electron chi connectivity index (χ4n) is 6.87. The lowest BCUT2D eigenvalue weighted by atomic mass is 9.93. The number of rotatable bonds is 34. The Bertz CT molecular complexity index is 1850. The van der Waals surface area contributed by atoms with Gasteiger partial charge >= 0.3 is 5.97 Å². The first-order chi connectivity index (χ1) is 31.8. The second kappa shape index (κ2) is 29.5. The lowest BCUT2D eigenvalue weighted by Crippen LogP contribution is -2.35. The summed E-state index contributed by atoms with van der Waals surface area (Å²) < 4.78 is 80.4. The highest BCUT2D eigenvalue weighted by Gasteiger charge is 2.39. The molecule has 0 N–H and O–H groups in total. The number of esters is 1. The second-order valence-electron chi connectivity index (χ2n) is 16.3. The molecule has 0 aromatic heterocycles. The number of carbonyl (C=O) groups excluding carboxylic acids is 1. The standard InChI is InChI=1S/C53H77FO11/c1-9-17-25-56-39-34-42(57-26-18-10-2)40-36-47(65-53(55)41-37-46(60-29-21-13-5)51(62-30-22-14-6)52(48(41)54)63-31-23-15-7)49(64-43(40)35-39)38-32-44(58-27-19-11-3)50(61-24-16-8)45(33-38)59-28-20-12-4/h16,32-35,37,47,49H,8-15,17-31,36H2,1-7H3/t47-,49+/m1/s1. The van der Waals surface area contributed by atoms with E-state index in [0.29, 0.717) is 91.7 Å². The van der Waals surface area contributed by atoms with E-state index < -0.39 is 24.0 Å². The summed E-state index contributed by atoms with van der Waals surface area (Å²) in [6.07, 6.45) is 11.8. The molecule has 65 heavy (non-hydrogen) atoms. The summed E-state index contributed by atoms with van der Waals surface area (Å²) >= 11 is 0. The minimum absolute atomic E-state index is 0.142. The number of ether oxygens (including phenoxy) is 10. The topological polar surface area (TPSA) is 109 Å². The van der Waals surface area contributed by atoms with Crippen molar-refractivity contribution in [1.82, 2.24) is 0 Å². The number of unbranched alkanes of at least 4 members (excludes halogenated alkanes) is 7. The molecule has 0 radical (unpaired) electrons. The molecule has 1 aliphatic rings. The van der Waals surface area contributed by atoms with Gasteiger partial charge in [0.1, 0.15) is 35.5 Å². The molecule has 362 valence electrons. The van der Waals surface area contributed by atoms with Gasteiger partial charge < -0.3 is 47.4 Å². The third-order valence-electron chi connectivity index (χ3n) is 10.8. The van der Waals surface area contributed by atoms with Gasteiger partial charge in [-0.15, -0.1) is 0 Å². The largest absolute Gasteiger partial charge is 0.493 e. The first-order valence-electron chi connectivity index (χ1n) is 24.5. The van der Waals surface area contributed by atoms with Gasteiger partial charge in [-0.25, -0.2) is 9.18 Å². The van der Waals surface area contributed by atoms with Gasteiger partial charge in [-0.2, -0.15) is 0 Å². The summed E-state index contributed by atoms with van der Waals surface area (Å²) in [5.74, 6) is 1.45. The highest BCUT2D eigenvalue weighted by atomic mass is 19.1. The average molecular weight is 909 g/mol. The van der Waals surface area contributed by atoms with Crippen LogP contribution in [-0.4, -0.2) is 64.9 Å². The third kappa shape index (κ3) is 15.8. The summed E-state index contributed by atoms with van der Waals surface area (Å²) in [4.78, 5) is 14.7. The van der Waals surface area contributed by atoms with E-state index >= 15 is 4.39 Å². The van der Waals surface area contributed by atoms with Gasteiger partial charge in [-0.1, -0.05) is 106 Å². The zero-order chi connectivity index (χ0) is 46.8. The van der Waals surface area contributed by atoms with Crippen molar-refractivity contribution >= 4 is 5.97 Å². The summed E-state index contributed by atoms with van der Waals surface area (Å²) in [6, 6.07) is 8.80. The van der Waals surface area contributed by atoms with Crippen LogP contribution >= 0.6 is 0 Å². The van der Waals surface area contributed by atoms with Crippen molar-refractivity contribution in [3.05, 3.63) is 65.5 Å². The zero-order valence-corrected chi connectivity index (χ0v) is 40.5. The first-order valence-corrected chi connectivity index (χ1v) is 24.5. The van der Waals surface area contributed by atoms with Gasteiger partial charge in [0.2, 0.25) is 17.2 Å². The van der Waals surface area contributed by atoms with E-state index in [1.807, 2.05) is 38.1 Å². The zero-order valence-electron chi connectivity index (χ0n) is 40.5. The molecule has 0 saturated heterocycles. The van der Waals surface area contributed by atoms with E-state index in [9.17, 15) is 4.79 Å². The van der Waals surface area contributed by atoms with Crippen LogP contribution in [0.5, 0.6) is 51.7 Å². The third-order valence-corrected chi connectivity index (χ3v) is 10.8. The van der Waals surface area contributed by atoms with Crippen LogP contribution in [-0.2, 0) is 11.2 Å². The molecule has 4 rings (SSSR count). The molecule has 2 atom stereocenters. The molecular formula is C53H77FO11. The number of carbonyl (C=O) groups is 1. The molecule has 0 saturated carbocycles. The van der Waals surface area contributed by atoms with Crippen molar-refractivity contribution in [1.29, 1.82) is 0 Å². The van der Waals surface area contributed by atoms with Gasteiger partial charge in [0, 0.05) is 35.7 Å². The molecule has 3 aromatic rings. The quantitative estimate of drug-likeness (QED) is 0.0324. The van der Waals surface area contributed by atoms with Gasteiger partial charge in [-0.3, -0.25) is 0 Å². The van der Waals surface area contributed by atoms with Crippen LogP contribution in [0.15, 0.2) is 43.0 Å². The maximum absolute atomic E-state index is 17.0. The van der Waals surface area contributed by atoms with E-state index in [4.69, 9.17) is 47.4 Å². The summed E-state index contributed by atoms with van der Waals surface area (Å²) in [7, 11) is 0. The number of halogens is 1. The summed E-state index contributed by atoms with van der Waals surface area (Å²) in [5, 5.41) is 0. The smallest absolute Gasteiger partial charge is 0.341 e. The van der Waals surface area contributed by atoms with Gasteiger partial charge in [0.25, 0.3) is 0 Å². The Labute approximate surface area is 388 Å². The number of benzene rings is 3. The highest BCUT2D eigenvalue weighted by molar-refractivity contribution is 5.92. The van der Waals surface area contributed by atoms with Crippen LogP contribution in [0.1, 0.15) is 166 Å². The van der Waals surface area contributed by atoms with E-state index in [1.54, 1.807) is 6.08 Å². The van der Waals surface area contributed by atoms with Crippen LogP contribution < -0.4 is 42.6 Å². The molecule has 0 aliphatic carbocycles. The lowest BCUT2D eigenvalue weighted by Gasteiger charge is -2.35. The molecule has 11 nitrogen and oxygen atoms in total. The van der Waals surface area contributed by atoms with E-state index in [-0.39, 0.29) is 42.4 Å². The molecular weight excluding hydrogens is 832 g/mol. The Kier molecular flexibility index (Phi) is 23.9. The van der Waals surface area contributed by atoms with Gasteiger partial charge in [0.15, 0.2) is 29.2 Å². The van der Waals surface area contributed by atoms with E-state index in [0.717, 1.165) is 83.5 Å². The summed E-state index contributed by atoms with van der Waals surface area (Å²) in [5.41, 5.74) is 0.973. The molecule has 0 fully saturated rings. The van der Waals surface area contributed by atoms with Crippen molar-refractivity contribution < 1.29 is 56.6 Å². The maximum Gasteiger partial charge on any atom is 0.341 e. The van der Waals surface area contributed by atoms with Crippen LogP contribution in [0.4, 0.5) is 4.39 Å². The predicted octanol–water partition coefficient (Wildman–Crippen LogP) is 13.5. The van der Waals surface area contributed by atoms with E-state index in [1.165, 1.54) is 6.07 Å². The van der Waals surface area contributed by atoms with Crippen LogP contribution in [0, 0.1) is 5.82 Å². The van der Waals surface area contributed by atoms with Crippen molar-refractivity contribution in [2.24, 2.45) is 0 Å². The molecule has 3 aromatic carbocycles. The molecule has 0 spiro atoms. The molecule has 1 aliphatic heterocycles. The Balaban J connectivity index is 1.93. The van der Waals surface area contributed by atoms with Crippen molar-refractivity contribution in [2.45, 2.75) is 157 Å². The average Bonchev–Trinajstić information content (AvgIpc) is 3.30. The minimum atomic E-state index is -0.990. The highest BCUT2D eigenvalue weighted by Crippen LogP contribution is 2.48. The predicted molar refractivity (Wildman–Crippen MR) is 254 cm³/mol. The Hall–Kier alpha value is -5.00. The number of hydrogen-bond acceptors (Lipinski definition) is 11. The van der Waals surface area contributed by atoms with Crippen molar-refractivity contribution in [3.63, 3.8) is 0 Å². The molecule has 0 unspecified atom stereocenters. The number of hydrogen-bond donors (Lipinski definition) is 0. The SMILES string of the molecule is C=CCOc1c(OCCCC)cc([C@@H]2Oc3cc(OCCCC)cc(OCCCC)c3C[C@H]2OC(=O)c2cc(OCCCC)c(OCCCC)c(OCCCC)c2F)cc1OCCCC. The molecule has 1 heterocycles. The second-order valence-corrected chi connectivity index (χ2v) is 16.3. The fourth-order valence-corrected chi connectivity index (χ4v) is 6.87. The lowest BCUT2D eigenvalue weighted by molar-refractivity contribution is -0.0194. The molecule has 12 heteroatoms. The van der Waals surface area contributed by atoms with Crippen LogP contribution in [0.3, 0.4) is 0 Å². The first kappa shape index (κ1) is 52.6. The summed E-state index contributed by atoms with van der Waals surface area (Å²) in [6.45, 7) is 21.4. The van der Waals surface area contributed by atoms with Crippen LogP contribution in [0.25, 0.3) is 0 Å². The minimum Gasteiger partial charge on any atom is -0.493 e. The maximum atomic E-state index is 17.0. The van der Waals surface area contributed by atoms with Gasteiger partial charge in [-0.05, 0) is 57.1 Å². The number of fused-ring (bicyclic) bond motifs is 1. The normalized spacial score (nSPS) is 14.2. The molecule has 0 amide bonds. The Morgan fingerprint density at radius 3 is 1.55 bits per heavy atom. The van der Waals surface area contributed by atoms with Crippen molar-refractivity contribution in [3.8, 4) is 51.7 Å². The fraction of sp³-hybridized carbons (Fsp3) is 0.604. The van der Waals surface area contributed by atoms with Gasteiger partial charge in [0.05, 0.1) is 46.2 Å².